The highest BCUT2D eigenvalue weighted by molar-refractivity contribution is 5.91. The predicted octanol–water partition coefficient (Wildman–Crippen LogP) is 3.00. The minimum Gasteiger partial charge on any atom is -0.486 e. The first kappa shape index (κ1) is 14.1. The number of ether oxygens (including phenoxy) is 3. The first-order chi connectivity index (χ1) is 10.8. The number of esters is 1. The van der Waals surface area contributed by atoms with Crippen molar-refractivity contribution >= 4 is 17.9 Å². The predicted molar refractivity (Wildman–Crippen MR) is 82.5 cm³/mol. The van der Waals surface area contributed by atoms with Gasteiger partial charge in [0.15, 0.2) is 11.5 Å². The van der Waals surface area contributed by atoms with Crippen molar-refractivity contribution in [2.75, 3.05) is 20.3 Å². The van der Waals surface area contributed by atoms with E-state index in [1.165, 1.54) is 7.11 Å². The Morgan fingerprint density at radius 3 is 2.55 bits per heavy atom. The monoisotopic (exact) mass is 297 g/mol. The van der Waals surface area contributed by atoms with Crippen molar-refractivity contribution in [1.82, 2.24) is 0 Å². The first-order valence-electron chi connectivity index (χ1n) is 6.88. The lowest BCUT2D eigenvalue weighted by atomic mass is 10.1. The van der Waals surface area contributed by atoms with Gasteiger partial charge in [-0.05, 0) is 29.8 Å². The number of fused-ring (bicyclic) bond motifs is 1. The third kappa shape index (κ3) is 3.09. The Labute approximate surface area is 128 Å². The van der Waals surface area contributed by atoms with Crippen LogP contribution in [0.2, 0.25) is 0 Å². The molecule has 22 heavy (non-hydrogen) atoms. The topological polar surface area (TPSA) is 57.1 Å². The molecule has 0 aromatic heterocycles. The molecule has 0 bridgehead atoms. The summed E-state index contributed by atoms with van der Waals surface area (Å²) in [6.45, 7) is 1.12. The SMILES string of the molecule is COC(=O)c1ccc(C=Nc2ccc3c(c2)OCCO3)cc1. The van der Waals surface area contributed by atoms with Gasteiger partial charge in [-0.3, -0.25) is 4.99 Å². The second-order valence-electron chi connectivity index (χ2n) is 4.70. The van der Waals surface area contributed by atoms with Crippen molar-refractivity contribution in [3.05, 3.63) is 53.6 Å². The van der Waals surface area contributed by atoms with Gasteiger partial charge in [0, 0.05) is 12.3 Å². The van der Waals surface area contributed by atoms with Gasteiger partial charge in [-0.25, -0.2) is 4.79 Å². The molecule has 2 aromatic rings. The number of carbonyl (C=O) groups excluding carboxylic acids is 1. The molecule has 3 rings (SSSR count). The highest BCUT2D eigenvalue weighted by Gasteiger charge is 2.11. The maximum atomic E-state index is 11.4. The number of benzene rings is 2. The van der Waals surface area contributed by atoms with E-state index in [4.69, 9.17) is 9.47 Å². The summed E-state index contributed by atoms with van der Waals surface area (Å²) in [5, 5.41) is 0. The normalized spacial score (nSPS) is 13.1. The molecule has 1 aliphatic heterocycles. The minimum atomic E-state index is -0.352. The van der Waals surface area contributed by atoms with Crippen LogP contribution >= 0.6 is 0 Å². The zero-order valence-electron chi connectivity index (χ0n) is 12.1. The number of rotatable bonds is 3. The number of aliphatic imine (C=N–C) groups is 1. The average molecular weight is 297 g/mol. The maximum absolute atomic E-state index is 11.4. The van der Waals surface area contributed by atoms with Gasteiger partial charge in [-0.15, -0.1) is 0 Å². The second-order valence-corrected chi connectivity index (χ2v) is 4.70. The van der Waals surface area contributed by atoms with Gasteiger partial charge >= 0.3 is 5.97 Å². The quantitative estimate of drug-likeness (QED) is 0.645. The Bertz CT molecular complexity index is 707. The summed E-state index contributed by atoms with van der Waals surface area (Å²) < 4.78 is 15.6. The smallest absolute Gasteiger partial charge is 0.337 e. The number of hydrogen-bond acceptors (Lipinski definition) is 5. The molecule has 0 fully saturated rings. The second kappa shape index (κ2) is 6.30. The van der Waals surface area contributed by atoms with Gasteiger partial charge in [-0.2, -0.15) is 0 Å². The van der Waals surface area contributed by atoms with Crippen molar-refractivity contribution in [3.8, 4) is 11.5 Å². The largest absolute Gasteiger partial charge is 0.486 e. The van der Waals surface area contributed by atoms with Gasteiger partial charge in [-0.1, -0.05) is 12.1 Å². The Morgan fingerprint density at radius 1 is 1.09 bits per heavy atom. The fourth-order valence-electron chi connectivity index (χ4n) is 2.08. The molecular weight excluding hydrogens is 282 g/mol. The van der Waals surface area contributed by atoms with Crippen LogP contribution in [0.15, 0.2) is 47.5 Å². The number of carbonyl (C=O) groups is 1. The van der Waals surface area contributed by atoms with E-state index in [-0.39, 0.29) is 5.97 Å². The molecular formula is C17H15NO4. The molecule has 0 radical (unpaired) electrons. The van der Waals surface area contributed by atoms with Crippen LogP contribution in [0.25, 0.3) is 0 Å². The maximum Gasteiger partial charge on any atom is 0.337 e. The van der Waals surface area contributed by atoms with E-state index in [0.29, 0.717) is 24.5 Å². The van der Waals surface area contributed by atoms with Crippen LogP contribution in [0.4, 0.5) is 5.69 Å². The number of hydrogen-bond donors (Lipinski definition) is 0. The van der Waals surface area contributed by atoms with Gasteiger partial charge in [0.1, 0.15) is 13.2 Å². The van der Waals surface area contributed by atoms with Gasteiger partial charge < -0.3 is 14.2 Å². The molecule has 0 spiro atoms. The van der Waals surface area contributed by atoms with Crippen molar-refractivity contribution in [3.63, 3.8) is 0 Å². The van der Waals surface area contributed by atoms with Crippen LogP contribution in [0.1, 0.15) is 15.9 Å². The fraction of sp³-hybridized carbons (Fsp3) is 0.176. The molecule has 112 valence electrons. The van der Waals surface area contributed by atoms with Crippen molar-refractivity contribution in [2.45, 2.75) is 0 Å². The first-order valence-corrected chi connectivity index (χ1v) is 6.88. The van der Waals surface area contributed by atoms with Crippen LogP contribution in [-0.2, 0) is 4.74 Å². The Kier molecular flexibility index (Phi) is 4.05. The molecule has 0 atom stereocenters. The van der Waals surface area contributed by atoms with Crippen LogP contribution in [-0.4, -0.2) is 32.5 Å². The van der Waals surface area contributed by atoms with E-state index >= 15 is 0 Å². The van der Waals surface area contributed by atoms with Crippen molar-refractivity contribution < 1.29 is 19.0 Å². The van der Waals surface area contributed by atoms with Gasteiger partial charge in [0.25, 0.3) is 0 Å². The Balaban J connectivity index is 1.75. The molecule has 0 unspecified atom stereocenters. The molecule has 0 aliphatic carbocycles. The van der Waals surface area contributed by atoms with Crippen LogP contribution < -0.4 is 9.47 Å². The molecule has 0 amide bonds. The van der Waals surface area contributed by atoms with E-state index in [1.54, 1.807) is 18.3 Å². The van der Waals surface area contributed by atoms with Crippen molar-refractivity contribution in [2.24, 2.45) is 4.99 Å². The Morgan fingerprint density at radius 2 is 1.82 bits per heavy atom. The third-order valence-electron chi connectivity index (χ3n) is 3.22. The molecule has 2 aromatic carbocycles. The molecule has 0 saturated heterocycles. The zero-order chi connectivity index (χ0) is 15.4. The molecule has 1 aliphatic rings. The highest BCUT2D eigenvalue weighted by Crippen LogP contribution is 2.33. The molecule has 1 heterocycles. The van der Waals surface area contributed by atoms with E-state index in [9.17, 15) is 4.79 Å². The minimum absolute atomic E-state index is 0.352. The average Bonchev–Trinajstić information content (AvgIpc) is 2.59. The Hall–Kier alpha value is -2.82. The number of nitrogens with zero attached hydrogens (tertiary/aromatic N) is 1. The van der Waals surface area contributed by atoms with Crippen LogP contribution in [0.5, 0.6) is 11.5 Å². The van der Waals surface area contributed by atoms with Gasteiger partial charge in [0.2, 0.25) is 0 Å². The lowest BCUT2D eigenvalue weighted by Gasteiger charge is -2.18. The van der Waals surface area contributed by atoms with E-state index < -0.39 is 0 Å². The standard InChI is InChI=1S/C17H15NO4/c1-20-17(19)13-4-2-12(3-5-13)11-18-14-6-7-15-16(10-14)22-9-8-21-15/h2-7,10-11H,8-9H2,1H3. The highest BCUT2D eigenvalue weighted by atomic mass is 16.6. The summed E-state index contributed by atoms with van der Waals surface area (Å²) in [6.07, 6.45) is 1.73. The summed E-state index contributed by atoms with van der Waals surface area (Å²) in [7, 11) is 1.36. The summed E-state index contributed by atoms with van der Waals surface area (Å²) >= 11 is 0. The van der Waals surface area contributed by atoms with Crippen LogP contribution in [0.3, 0.4) is 0 Å². The molecule has 5 heteroatoms. The van der Waals surface area contributed by atoms with Crippen LogP contribution in [0, 0.1) is 0 Å². The molecule has 5 nitrogen and oxygen atoms in total. The molecule has 0 saturated carbocycles. The molecule has 0 N–H and O–H groups in total. The number of methoxy groups -OCH3 is 1. The lowest BCUT2D eigenvalue weighted by molar-refractivity contribution is 0.0600. The van der Waals surface area contributed by atoms with E-state index in [2.05, 4.69) is 9.73 Å². The fourth-order valence-corrected chi connectivity index (χ4v) is 2.08. The summed E-state index contributed by atoms with van der Waals surface area (Å²) in [5.74, 6) is 1.10. The zero-order valence-corrected chi connectivity index (χ0v) is 12.1. The van der Waals surface area contributed by atoms with E-state index in [1.807, 2.05) is 30.3 Å². The van der Waals surface area contributed by atoms with Crippen molar-refractivity contribution in [1.29, 1.82) is 0 Å². The summed E-state index contributed by atoms with van der Waals surface area (Å²) in [5.41, 5.74) is 2.18. The van der Waals surface area contributed by atoms with E-state index in [0.717, 1.165) is 17.0 Å². The summed E-state index contributed by atoms with van der Waals surface area (Å²) in [6, 6.07) is 12.6. The third-order valence-corrected chi connectivity index (χ3v) is 3.22. The van der Waals surface area contributed by atoms with Gasteiger partial charge in [0.05, 0.1) is 18.4 Å². The summed E-state index contributed by atoms with van der Waals surface area (Å²) in [4.78, 5) is 15.8. The lowest BCUT2D eigenvalue weighted by Crippen LogP contribution is -2.14.